The molecule has 0 saturated heterocycles. The van der Waals surface area contributed by atoms with E-state index in [9.17, 15) is 13.9 Å². The molecule has 1 nitrogen and oxygen atoms in total. The van der Waals surface area contributed by atoms with Crippen LogP contribution in [0.3, 0.4) is 0 Å². The highest BCUT2D eigenvalue weighted by Gasteiger charge is 2.38. The average Bonchev–Trinajstić information content (AvgIpc) is 2.87. The van der Waals surface area contributed by atoms with E-state index in [1.807, 2.05) is 0 Å². The maximum atomic E-state index is 13.0. The van der Waals surface area contributed by atoms with Crippen molar-refractivity contribution in [3.05, 3.63) is 35.4 Å². The minimum Gasteiger partial charge on any atom is -0.378 e. The molecule has 0 radical (unpaired) electrons. The van der Waals surface area contributed by atoms with Crippen molar-refractivity contribution in [3.63, 3.8) is 0 Å². The van der Waals surface area contributed by atoms with E-state index in [1.165, 1.54) is 0 Å². The lowest BCUT2D eigenvalue weighted by atomic mass is 10.2. The number of aliphatic hydroxyl groups is 1. The second kappa shape index (κ2) is 3.07. The van der Waals surface area contributed by atoms with E-state index in [-0.39, 0.29) is 5.56 Å². The molecule has 0 unspecified atom stereocenters. The molecule has 0 atom stereocenters. The molecule has 0 aromatic heterocycles. The fraction of sp³-hybridized carbons (Fsp3) is 0.273. The van der Waals surface area contributed by atoms with Gasteiger partial charge in [-0.3, -0.25) is 0 Å². The molecule has 1 saturated carbocycles. The van der Waals surface area contributed by atoms with Gasteiger partial charge in [0, 0.05) is 0 Å². The van der Waals surface area contributed by atoms with Gasteiger partial charge in [-0.1, -0.05) is 11.8 Å². The maximum absolute atomic E-state index is 13.0. The SMILES string of the molecule is OC1(C#Cc2cc(F)ccc2F)CC1. The number of rotatable bonds is 0. The standard InChI is InChI=1S/C11H8F2O/c12-9-1-2-10(13)8(7-9)3-4-11(14)5-6-11/h1-2,7,14H,5-6H2. The molecule has 1 aromatic carbocycles. The van der Waals surface area contributed by atoms with Crippen LogP contribution in [-0.2, 0) is 0 Å². The Morgan fingerprint density at radius 1 is 1.29 bits per heavy atom. The monoisotopic (exact) mass is 194 g/mol. The summed E-state index contributed by atoms with van der Waals surface area (Å²) < 4.78 is 25.7. The van der Waals surface area contributed by atoms with Gasteiger partial charge < -0.3 is 5.11 Å². The Hall–Kier alpha value is -1.40. The zero-order chi connectivity index (χ0) is 10.2. The summed E-state index contributed by atoms with van der Waals surface area (Å²) in [6.45, 7) is 0. The lowest BCUT2D eigenvalue weighted by Gasteiger charge is -1.95. The summed E-state index contributed by atoms with van der Waals surface area (Å²) in [7, 11) is 0. The number of benzene rings is 1. The first-order valence-electron chi connectivity index (χ1n) is 4.30. The average molecular weight is 194 g/mol. The first kappa shape index (κ1) is 9.17. The first-order valence-corrected chi connectivity index (χ1v) is 4.30. The van der Waals surface area contributed by atoms with Crippen LogP contribution in [0.15, 0.2) is 18.2 Å². The molecule has 0 amide bonds. The first-order chi connectivity index (χ1) is 6.59. The zero-order valence-electron chi connectivity index (χ0n) is 7.35. The van der Waals surface area contributed by atoms with Crippen molar-refractivity contribution < 1.29 is 13.9 Å². The van der Waals surface area contributed by atoms with E-state index in [1.54, 1.807) is 0 Å². The molecule has 1 aliphatic carbocycles. The van der Waals surface area contributed by atoms with E-state index in [0.717, 1.165) is 18.2 Å². The Bertz CT molecular complexity index is 425. The van der Waals surface area contributed by atoms with E-state index in [2.05, 4.69) is 11.8 Å². The summed E-state index contributed by atoms with van der Waals surface area (Å²) >= 11 is 0. The second-order valence-electron chi connectivity index (χ2n) is 3.41. The summed E-state index contributed by atoms with van der Waals surface area (Å²) in [5.41, 5.74) is -0.969. The van der Waals surface area contributed by atoms with Crippen LogP contribution in [0.5, 0.6) is 0 Å². The van der Waals surface area contributed by atoms with Crippen molar-refractivity contribution in [2.45, 2.75) is 18.4 Å². The van der Waals surface area contributed by atoms with Crippen LogP contribution in [-0.4, -0.2) is 10.7 Å². The van der Waals surface area contributed by atoms with Gasteiger partial charge in [-0.25, -0.2) is 8.78 Å². The second-order valence-corrected chi connectivity index (χ2v) is 3.41. The normalized spacial score (nSPS) is 17.1. The van der Waals surface area contributed by atoms with Gasteiger partial charge in [-0.15, -0.1) is 0 Å². The fourth-order valence-electron chi connectivity index (χ4n) is 1.02. The van der Waals surface area contributed by atoms with Crippen LogP contribution in [0, 0.1) is 23.5 Å². The molecule has 1 aromatic rings. The van der Waals surface area contributed by atoms with Gasteiger partial charge in [0.15, 0.2) is 0 Å². The molecule has 2 rings (SSSR count). The largest absolute Gasteiger partial charge is 0.378 e. The van der Waals surface area contributed by atoms with Crippen LogP contribution in [0.1, 0.15) is 18.4 Å². The van der Waals surface area contributed by atoms with Gasteiger partial charge >= 0.3 is 0 Å². The van der Waals surface area contributed by atoms with Crippen molar-refractivity contribution >= 4 is 0 Å². The van der Waals surface area contributed by atoms with Crippen LogP contribution in [0.2, 0.25) is 0 Å². The molecule has 1 N–H and O–H groups in total. The zero-order valence-corrected chi connectivity index (χ0v) is 7.35. The molecular formula is C11H8F2O. The van der Waals surface area contributed by atoms with E-state index in [4.69, 9.17) is 0 Å². The Kier molecular flexibility index (Phi) is 2.01. The lowest BCUT2D eigenvalue weighted by molar-refractivity contribution is 0.212. The van der Waals surface area contributed by atoms with Gasteiger partial charge in [-0.05, 0) is 31.0 Å². The molecule has 3 heteroatoms. The number of hydrogen-bond donors (Lipinski definition) is 1. The highest BCUT2D eigenvalue weighted by atomic mass is 19.1. The fourth-order valence-corrected chi connectivity index (χ4v) is 1.02. The van der Waals surface area contributed by atoms with Crippen molar-refractivity contribution in [3.8, 4) is 11.8 Å². The summed E-state index contributed by atoms with van der Waals surface area (Å²) in [6.07, 6.45) is 1.22. The predicted molar refractivity (Wildman–Crippen MR) is 47.4 cm³/mol. The maximum Gasteiger partial charge on any atom is 0.139 e. The topological polar surface area (TPSA) is 20.2 Å². The van der Waals surface area contributed by atoms with E-state index >= 15 is 0 Å². The summed E-state index contributed by atoms with van der Waals surface area (Å²) in [5.74, 6) is 3.86. The van der Waals surface area contributed by atoms with Gasteiger partial charge in [-0.2, -0.15) is 0 Å². The minimum atomic E-state index is -0.960. The van der Waals surface area contributed by atoms with E-state index < -0.39 is 17.2 Å². The van der Waals surface area contributed by atoms with Gasteiger partial charge in [0.25, 0.3) is 0 Å². The van der Waals surface area contributed by atoms with Crippen molar-refractivity contribution in [2.75, 3.05) is 0 Å². The summed E-state index contributed by atoms with van der Waals surface area (Å²) in [5, 5.41) is 9.36. The predicted octanol–water partition coefficient (Wildman–Crippen LogP) is 1.84. The Morgan fingerprint density at radius 2 is 2.00 bits per heavy atom. The molecule has 0 aliphatic heterocycles. The smallest absolute Gasteiger partial charge is 0.139 e. The quantitative estimate of drug-likeness (QED) is 0.625. The molecule has 0 spiro atoms. The highest BCUT2D eigenvalue weighted by molar-refractivity contribution is 5.39. The highest BCUT2D eigenvalue weighted by Crippen LogP contribution is 2.34. The number of halogens is 2. The van der Waals surface area contributed by atoms with Crippen molar-refractivity contribution in [2.24, 2.45) is 0 Å². The van der Waals surface area contributed by atoms with Gasteiger partial charge in [0.05, 0.1) is 5.56 Å². The summed E-state index contributed by atoms with van der Waals surface area (Å²) in [6, 6.07) is 3.08. The Labute approximate surface area is 80.4 Å². The molecule has 0 heterocycles. The molecule has 72 valence electrons. The van der Waals surface area contributed by atoms with Crippen molar-refractivity contribution in [1.82, 2.24) is 0 Å². The third-order valence-corrected chi connectivity index (χ3v) is 2.08. The van der Waals surface area contributed by atoms with Crippen molar-refractivity contribution in [1.29, 1.82) is 0 Å². The van der Waals surface area contributed by atoms with Crippen LogP contribution >= 0.6 is 0 Å². The third kappa shape index (κ3) is 1.91. The molecule has 1 aliphatic rings. The summed E-state index contributed by atoms with van der Waals surface area (Å²) in [4.78, 5) is 0. The lowest BCUT2D eigenvalue weighted by Crippen LogP contribution is -2.01. The number of hydrogen-bond acceptors (Lipinski definition) is 1. The van der Waals surface area contributed by atoms with Gasteiger partial charge in [0.1, 0.15) is 17.2 Å². The Balaban J connectivity index is 2.30. The molecule has 0 bridgehead atoms. The van der Waals surface area contributed by atoms with Crippen LogP contribution in [0.25, 0.3) is 0 Å². The minimum absolute atomic E-state index is 0.00896. The Morgan fingerprint density at radius 3 is 2.64 bits per heavy atom. The third-order valence-electron chi connectivity index (χ3n) is 2.08. The van der Waals surface area contributed by atoms with Crippen LogP contribution in [0.4, 0.5) is 8.78 Å². The molecule has 14 heavy (non-hydrogen) atoms. The molecule has 1 fully saturated rings. The van der Waals surface area contributed by atoms with Gasteiger partial charge in [0.2, 0.25) is 0 Å². The van der Waals surface area contributed by atoms with E-state index in [0.29, 0.717) is 12.8 Å². The molecular weight excluding hydrogens is 186 g/mol. The van der Waals surface area contributed by atoms with Crippen LogP contribution < -0.4 is 0 Å².